The molecule has 0 spiro atoms. The van der Waals surface area contributed by atoms with Crippen molar-refractivity contribution >= 4 is 0 Å². The van der Waals surface area contributed by atoms with E-state index in [1.54, 1.807) is 0 Å². The van der Waals surface area contributed by atoms with E-state index in [1.165, 1.54) is 13.0 Å². The van der Waals surface area contributed by atoms with Crippen LogP contribution in [-0.4, -0.2) is 31.1 Å². The van der Waals surface area contributed by atoms with Crippen molar-refractivity contribution in [2.45, 2.75) is 33.2 Å². The normalized spacial score (nSPS) is 31.8. The largest absolute Gasteiger partial charge is 0.330 e. The zero-order chi connectivity index (χ0) is 10.0. The molecule has 2 N–H and O–H groups in total. The number of nitrogens with zero attached hydrogens (tertiary/aromatic N) is 1. The van der Waals surface area contributed by atoms with Gasteiger partial charge in [-0.3, -0.25) is 0 Å². The van der Waals surface area contributed by atoms with Gasteiger partial charge in [0.1, 0.15) is 0 Å². The van der Waals surface area contributed by atoms with Crippen LogP contribution in [0.4, 0.5) is 0 Å². The monoisotopic (exact) mass is 184 g/mol. The van der Waals surface area contributed by atoms with Gasteiger partial charge in [-0.2, -0.15) is 0 Å². The lowest BCUT2D eigenvalue weighted by Gasteiger charge is -2.29. The van der Waals surface area contributed by atoms with Gasteiger partial charge in [0.05, 0.1) is 0 Å². The van der Waals surface area contributed by atoms with Crippen LogP contribution in [-0.2, 0) is 0 Å². The summed E-state index contributed by atoms with van der Waals surface area (Å²) in [4.78, 5) is 2.46. The lowest BCUT2D eigenvalue weighted by atomic mass is 10.0. The Labute approximate surface area is 82.5 Å². The first-order chi connectivity index (χ1) is 6.06. The highest BCUT2D eigenvalue weighted by Crippen LogP contribution is 2.38. The van der Waals surface area contributed by atoms with E-state index in [0.717, 1.165) is 18.4 Å². The summed E-state index contributed by atoms with van der Waals surface area (Å²) in [6.45, 7) is 8.91. The molecule has 1 rings (SSSR count). The quantitative estimate of drug-likeness (QED) is 0.702. The lowest BCUT2D eigenvalue weighted by molar-refractivity contribution is 0.192. The van der Waals surface area contributed by atoms with Gasteiger partial charge in [-0.25, -0.2) is 0 Å². The van der Waals surface area contributed by atoms with E-state index >= 15 is 0 Å². The van der Waals surface area contributed by atoms with Gasteiger partial charge >= 0.3 is 0 Å². The molecule has 0 bridgehead atoms. The van der Waals surface area contributed by atoms with Gasteiger partial charge in [-0.15, -0.1) is 0 Å². The molecule has 0 aromatic rings. The molecule has 2 heteroatoms. The van der Waals surface area contributed by atoms with Gasteiger partial charge in [0, 0.05) is 12.6 Å². The molecular formula is C11H24N2. The highest BCUT2D eigenvalue weighted by molar-refractivity contribution is 4.86. The fraction of sp³-hybridized carbons (Fsp3) is 1.00. The van der Waals surface area contributed by atoms with Crippen LogP contribution in [0.15, 0.2) is 0 Å². The molecule has 4 atom stereocenters. The maximum atomic E-state index is 5.66. The first-order valence-electron chi connectivity index (χ1n) is 5.46. The second-order valence-corrected chi connectivity index (χ2v) is 4.87. The third-order valence-corrected chi connectivity index (χ3v) is 3.69. The molecule has 13 heavy (non-hydrogen) atoms. The van der Waals surface area contributed by atoms with Crippen molar-refractivity contribution in [2.75, 3.05) is 20.1 Å². The van der Waals surface area contributed by atoms with Crippen LogP contribution in [0.3, 0.4) is 0 Å². The average molecular weight is 184 g/mol. The van der Waals surface area contributed by atoms with Crippen molar-refractivity contribution in [3.63, 3.8) is 0 Å². The Balaban J connectivity index is 2.25. The molecule has 0 radical (unpaired) electrons. The molecule has 0 aliphatic heterocycles. The lowest BCUT2D eigenvalue weighted by Crippen LogP contribution is -2.38. The highest BCUT2D eigenvalue weighted by Gasteiger charge is 2.34. The summed E-state index contributed by atoms with van der Waals surface area (Å²) in [6.07, 6.45) is 1.42. The number of rotatable bonds is 5. The molecule has 0 aromatic heterocycles. The summed E-state index contributed by atoms with van der Waals surface area (Å²) < 4.78 is 0. The van der Waals surface area contributed by atoms with Crippen molar-refractivity contribution in [3.05, 3.63) is 0 Å². The fourth-order valence-electron chi connectivity index (χ4n) is 1.82. The van der Waals surface area contributed by atoms with E-state index in [-0.39, 0.29) is 0 Å². The summed E-state index contributed by atoms with van der Waals surface area (Å²) in [6, 6.07) is 0.623. The van der Waals surface area contributed by atoms with E-state index in [0.29, 0.717) is 12.0 Å². The van der Waals surface area contributed by atoms with Crippen LogP contribution in [0, 0.1) is 17.8 Å². The van der Waals surface area contributed by atoms with E-state index in [1.807, 2.05) is 0 Å². The molecule has 1 fully saturated rings. The van der Waals surface area contributed by atoms with Crippen LogP contribution in [0.25, 0.3) is 0 Å². The molecule has 78 valence electrons. The average Bonchev–Trinajstić information content (AvgIpc) is 2.79. The smallest absolute Gasteiger partial charge is 0.0102 e. The molecule has 0 saturated heterocycles. The van der Waals surface area contributed by atoms with Gasteiger partial charge in [0.2, 0.25) is 0 Å². The van der Waals surface area contributed by atoms with Crippen LogP contribution in [0.1, 0.15) is 27.2 Å². The number of nitrogens with two attached hydrogens (primary N) is 1. The van der Waals surface area contributed by atoms with Crippen molar-refractivity contribution in [1.29, 1.82) is 0 Å². The topological polar surface area (TPSA) is 29.3 Å². The predicted molar refractivity (Wildman–Crippen MR) is 57.6 cm³/mol. The molecular weight excluding hydrogens is 160 g/mol. The molecule has 0 aromatic carbocycles. The van der Waals surface area contributed by atoms with Crippen molar-refractivity contribution in [3.8, 4) is 0 Å². The molecule has 2 nitrogen and oxygen atoms in total. The van der Waals surface area contributed by atoms with Crippen LogP contribution < -0.4 is 5.73 Å². The van der Waals surface area contributed by atoms with E-state index < -0.39 is 0 Å². The summed E-state index contributed by atoms with van der Waals surface area (Å²) in [5.41, 5.74) is 5.66. The number of hydrogen-bond acceptors (Lipinski definition) is 2. The minimum Gasteiger partial charge on any atom is -0.330 e. The van der Waals surface area contributed by atoms with E-state index in [9.17, 15) is 0 Å². The van der Waals surface area contributed by atoms with Gasteiger partial charge in [0.15, 0.2) is 0 Å². The Hall–Kier alpha value is -0.0800. The highest BCUT2D eigenvalue weighted by atomic mass is 15.1. The second-order valence-electron chi connectivity index (χ2n) is 4.87. The minimum absolute atomic E-state index is 0.610. The second kappa shape index (κ2) is 4.43. The van der Waals surface area contributed by atoms with Crippen LogP contribution in [0.5, 0.6) is 0 Å². The first kappa shape index (κ1) is 11.0. The summed E-state index contributed by atoms with van der Waals surface area (Å²) in [5, 5.41) is 0. The predicted octanol–water partition coefficient (Wildman–Crippen LogP) is 1.56. The zero-order valence-corrected chi connectivity index (χ0v) is 9.46. The zero-order valence-electron chi connectivity index (χ0n) is 9.46. The van der Waals surface area contributed by atoms with Gasteiger partial charge in [-0.05, 0) is 44.7 Å². The van der Waals surface area contributed by atoms with Gasteiger partial charge < -0.3 is 10.6 Å². The maximum absolute atomic E-state index is 5.66. The van der Waals surface area contributed by atoms with Crippen molar-refractivity contribution in [2.24, 2.45) is 23.5 Å². The fourth-order valence-corrected chi connectivity index (χ4v) is 1.82. The third kappa shape index (κ3) is 2.96. The SMILES string of the molecule is CC1CC1CN(C)C(C)C(C)CN. The van der Waals surface area contributed by atoms with Crippen LogP contribution >= 0.6 is 0 Å². The molecule has 1 aliphatic carbocycles. The maximum Gasteiger partial charge on any atom is 0.0102 e. The molecule has 0 heterocycles. The van der Waals surface area contributed by atoms with Crippen molar-refractivity contribution < 1.29 is 0 Å². The molecule has 0 amide bonds. The van der Waals surface area contributed by atoms with Gasteiger partial charge in [0.25, 0.3) is 0 Å². The standard InChI is InChI=1S/C11H24N2/c1-8-5-11(8)7-13(4)10(3)9(2)6-12/h8-11H,5-7,12H2,1-4H3. The van der Waals surface area contributed by atoms with Crippen molar-refractivity contribution in [1.82, 2.24) is 4.90 Å². The summed E-state index contributed by atoms with van der Waals surface area (Å²) >= 11 is 0. The van der Waals surface area contributed by atoms with E-state index in [4.69, 9.17) is 5.73 Å². The van der Waals surface area contributed by atoms with E-state index in [2.05, 4.69) is 32.7 Å². The Morgan fingerprint density at radius 1 is 1.46 bits per heavy atom. The third-order valence-electron chi connectivity index (χ3n) is 3.69. The molecule has 1 aliphatic rings. The molecule has 4 unspecified atom stereocenters. The van der Waals surface area contributed by atoms with Crippen LogP contribution in [0.2, 0.25) is 0 Å². The number of hydrogen-bond donors (Lipinski definition) is 1. The first-order valence-corrected chi connectivity index (χ1v) is 5.46. The Bertz CT molecular complexity index is 158. The molecule has 1 saturated carbocycles. The summed E-state index contributed by atoms with van der Waals surface area (Å²) in [5.74, 6) is 2.53. The Kier molecular flexibility index (Phi) is 3.74. The van der Waals surface area contributed by atoms with Gasteiger partial charge in [-0.1, -0.05) is 13.8 Å². The summed E-state index contributed by atoms with van der Waals surface area (Å²) in [7, 11) is 2.22. The Morgan fingerprint density at radius 2 is 2.00 bits per heavy atom. The Morgan fingerprint density at radius 3 is 2.38 bits per heavy atom. The minimum atomic E-state index is 0.610.